The maximum atomic E-state index is 5.94. The Morgan fingerprint density at radius 1 is 1.18 bits per heavy atom. The molecular formula is C16H18N4O2. The third kappa shape index (κ3) is 2.86. The van der Waals surface area contributed by atoms with Gasteiger partial charge in [-0.1, -0.05) is 6.08 Å². The van der Waals surface area contributed by atoms with Crippen molar-refractivity contribution in [2.75, 3.05) is 12.8 Å². The normalized spacial score (nSPS) is 13.8. The molecule has 0 atom stereocenters. The summed E-state index contributed by atoms with van der Waals surface area (Å²) in [4.78, 5) is 12.5. The number of aryl methyl sites for hydroxylation is 1. The number of nitrogens with zero attached hydrogens (tertiary/aromatic N) is 3. The summed E-state index contributed by atoms with van der Waals surface area (Å²) >= 11 is 0. The van der Waals surface area contributed by atoms with Crippen molar-refractivity contribution in [3.05, 3.63) is 35.9 Å². The smallest absolute Gasteiger partial charge is 0.216 e. The van der Waals surface area contributed by atoms with E-state index in [1.165, 1.54) is 5.57 Å². The van der Waals surface area contributed by atoms with Crippen LogP contribution >= 0.6 is 0 Å². The van der Waals surface area contributed by atoms with E-state index in [1.54, 1.807) is 32.5 Å². The maximum absolute atomic E-state index is 5.94. The summed E-state index contributed by atoms with van der Waals surface area (Å²) in [5.41, 5.74) is 8.10. The second-order valence-corrected chi connectivity index (χ2v) is 5.11. The van der Waals surface area contributed by atoms with E-state index >= 15 is 0 Å². The Balaban J connectivity index is 2.00. The number of methoxy groups -OCH3 is 1. The van der Waals surface area contributed by atoms with Gasteiger partial charge in [0.05, 0.1) is 13.3 Å². The molecule has 0 aliphatic heterocycles. The molecular weight excluding hydrogens is 280 g/mol. The minimum atomic E-state index is 0.314. The Morgan fingerprint density at radius 2 is 2.05 bits per heavy atom. The fraction of sp³-hybridized carbons (Fsp3) is 0.312. The first-order valence-corrected chi connectivity index (χ1v) is 7.18. The van der Waals surface area contributed by atoms with E-state index < -0.39 is 0 Å². The van der Waals surface area contributed by atoms with Crippen LogP contribution in [0, 0.1) is 6.92 Å². The molecule has 2 heterocycles. The molecule has 2 aromatic rings. The fourth-order valence-corrected chi connectivity index (χ4v) is 2.45. The third-order valence-electron chi connectivity index (χ3n) is 3.56. The number of hydrogen-bond acceptors (Lipinski definition) is 6. The van der Waals surface area contributed by atoms with E-state index in [1.807, 2.05) is 0 Å². The molecule has 0 spiro atoms. The van der Waals surface area contributed by atoms with E-state index in [4.69, 9.17) is 15.2 Å². The first-order valence-electron chi connectivity index (χ1n) is 7.18. The predicted octanol–water partition coefficient (Wildman–Crippen LogP) is 3.13. The van der Waals surface area contributed by atoms with Gasteiger partial charge in [0, 0.05) is 17.8 Å². The Morgan fingerprint density at radius 3 is 2.73 bits per heavy atom. The maximum Gasteiger partial charge on any atom is 0.216 e. The minimum absolute atomic E-state index is 0.314. The zero-order valence-electron chi connectivity index (χ0n) is 12.7. The summed E-state index contributed by atoms with van der Waals surface area (Å²) in [7, 11) is 1.57. The highest BCUT2D eigenvalue weighted by atomic mass is 16.5. The van der Waals surface area contributed by atoms with Gasteiger partial charge >= 0.3 is 0 Å². The number of ether oxygens (including phenoxy) is 2. The zero-order chi connectivity index (χ0) is 15.5. The van der Waals surface area contributed by atoms with Crippen molar-refractivity contribution in [2.45, 2.75) is 26.2 Å². The molecule has 6 heteroatoms. The average Bonchev–Trinajstić information content (AvgIpc) is 3.04. The lowest BCUT2D eigenvalue weighted by atomic mass is 10.1. The standard InChI is InChI=1S/C16H18N4O2/c1-10-18-9-14(16(17)20-10)22-13-7-15(21-2)19-8-12(13)11-5-3-4-6-11/h5,7-9H,3-4,6H2,1-2H3,(H2,17,18,20). The largest absolute Gasteiger partial charge is 0.481 e. The molecule has 0 unspecified atom stereocenters. The summed E-state index contributed by atoms with van der Waals surface area (Å²) in [6.07, 6.45) is 8.82. The molecule has 0 saturated carbocycles. The van der Waals surface area contributed by atoms with Crippen molar-refractivity contribution in [3.8, 4) is 17.4 Å². The van der Waals surface area contributed by atoms with Gasteiger partial charge in [0.1, 0.15) is 11.6 Å². The number of nitrogens with two attached hydrogens (primary N) is 1. The van der Waals surface area contributed by atoms with Gasteiger partial charge in [0.15, 0.2) is 11.6 Å². The molecule has 2 N–H and O–H groups in total. The first kappa shape index (κ1) is 14.3. The Bertz CT molecular complexity index is 728. The van der Waals surface area contributed by atoms with Crippen LogP contribution in [-0.2, 0) is 0 Å². The van der Waals surface area contributed by atoms with Gasteiger partial charge in [-0.2, -0.15) is 0 Å². The second kappa shape index (κ2) is 6.01. The highest BCUT2D eigenvalue weighted by molar-refractivity contribution is 5.72. The zero-order valence-corrected chi connectivity index (χ0v) is 12.7. The van der Waals surface area contributed by atoms with E-state index in [2.05, 4.69) is 21.0 Å². The number of anilines is 1. The van der Waals surface area contributed by atoms with Gasteiger partial charge in [-0.05, 0) is 31.8 Å². The molecule has 0 aromatic carbocycles. The molecule has 114 valence electrons. The SMILES string of the molecule is COc1cc(Oc2cnc(C)nc2N)c(C2=CCCC2)cn1. The van der Waals surface area contributed by atoms with Crippen LogP contribution in [0.25, 0.3) is 5.57 Å². The molecule has 6 nitrogen and oxygen atoms in total. The lowest BCUT2D eigenvalue weighted by Gasteiger charge is -2.13. The second-order valence-electron chi connectivity index (χ2n) is 5.11. The number of nitrogen functional groups attached to an aromatic ring is 1. The molecule has 1 aliphatic carbocycles. The molecule has 3 rings (SSSR count). The summed E-state index contributed by atoms with van der Waals surface area (Å²) in [5.74, 6) is 2.49. The van der Waals surface area contributed by atoms with Crippen LogP contribution in [0.2, 0.25) is 0 Å². The quantitative estimate of drug-likeness (QED) is 0.933. The topological polar surface area (TPSA) is 83.2 Å². The molecule has 0 radical (unpaired) electrons. The molecule has 1 aliphatic rings. The van der Waals surface area contributed by atoms with E-state index in [0.717, 1.165) is 24.8 Å². The highest BCUT2D eigenvalue weighted by Crippen LogP contribution is 2.37. The van der Waals surface area contributed by atoms with Crippen LogP contribution in [0.1, 0.15) is 30.7 Å². The van der Waals surface area contributed by atoms with Crippen molar-refractivity contribution >= 4 is 11.4 Å². The van der Waals surface area contributed by atoms with Crippen LogP contribution in [0.4, 0.5) is 5.82 Å². The van der Waals surface area contributed by atoms with Crippen molar-refractivity contribution in [3.63, 3.8) is 0 Å². The monoisotopic (exact) mass is 298 g/mol. The van der Waals surface area contributed by atoms with E-state index in [9.17, 15) is 0 Å². The van der Waals surface area contributed by atoms with Crippen LogP contribution in [0.5, 0.6) is 17.4 Å². The summed E-state index contributed by atoms with van der Waals surface area (Å²) in [5, 5.41) is 0. The van der Waals surface area contributed by atoms with Crippen LogP contribution in [0.15, 0.2) is 24.5 Å². The van der Waals surface area contributed by atoms with Crippen LogP contribution in [-0.4, -0.2) is 22.1 Å². The number of rotatable bonds is 4. The minimum Gasteiger partial charge on any atom is -0.481 e. The first-order chi connectivity index (χ1) is 10.7. The van der Waals surface area contributed by atoms with Crippen LogP contribution < -0.4 is 15.2 Å². The Kier molecular flexibility index (Phi) is 3.91. The highest BCUT2D eigenvalue weighted by Gasteiger charge is 2.16. The number of pyridine rings is 1. The Hall–Kier alpha value is -2.63. The fourth-order valence-electron chi connectivity index (χ4n) is 2.45. The predicted molar refractivity (Wildman–Crippen MR) is 83.9 cm³/mol. The molecule has 0 fully saturated rings. The van der Waals surface area contributed by atoms with E-state index in [-0.39, 0.29) is 0 Å². The molecule has 0 bridgehead atoms. The van der Waals surface area contributed by atoms with Crippen LogP contribution in [0.3, 0.4) is 0 Å². The third-order valence-corrected chi connectivity index (χ3v) is 3.56. The molecule has 0 amide bonds. The van der Waals surface area contributed by atoms with Gasteiger partial charge in [-0.3, -0.25) is 0 Å². The lowest BCUT2D eigenvalue weighted by molar-refractivity contribution is 0.392. The summed E-state index contributed by atoms with van der Waals surface area (Å²) in [6, 6.07) is 1.76. The van der Waals surface area contributed by atoms with Crippen molar-refractivity contribution < 1.29 is 9.47 Å². The van der Waals surface area contributed by atoms with Gasteiger partial charge in [-0.15, -0.1) is 0 Å². The van der Waals surface area contributed by atoms with Gasteiger partial charge in [0.2, 0.25) is 5.88 Å². The summed E-state index contributed by atoms with van der Waals surface area (Å²) < 4.78 is 11.1. The average molecular weight is 298 g/mol. The van der Waals surface area contributed by atoms with Crippen molar-refractivity contribution in [1.29, 1.82) is 0 Å². The Labute approximate surface area is 129 Å². The summed E-state index contributed by atoms with van der Waals surface area (Å²) in [6.45, 7) is 1.78. The van der Waals surface area contributed by atoms with Gasteiger partial charge in [-0.25, -0.2) is 15.0 Å². The van der Waals surface area contributed by atoms with Crippen molar-refractivity contribution in [2.24, 2.45) is 0 Å². The van der Waals surface area contributed by atoms with Gasteiger partial charge < -0.3 is 15.2 Å². The van der Waals surface area contributed by atoms with Gasteiger partial charge in [0.25, 0.3) is 0 Å². The molecule has 22 heavy (non-hydrogen) atoms. The van der Waals surface area contributed by atoms with Crippen molar-refractivity contribution in [1.82, 2.24) is 15.0 Å². The number of allylic oxidation sites excluding steroid dienone is 2. The van der Waals surface area contributed by atoms with E-state index in [0.29, 0.717) is 29.0 Å². The molecule has 0 saturated heterocycles. The number of hydrogen-bond donors (Lipinski definition) is 1. The lowest BCUT2D eigenvalue weighted by Crippen LogP contribution is -2.01. The number of aromatic nitrogens is 3. The molecule has 2 aromatic heterocycles.